The Labute approximate surface area is 224 Å². The van der Waals surface area contributed by atoms with E-state index in [2.05, 4.69) is 10.3 Å². The van der Waals surface area contributed by atoms with Crippen molar-refractivity contribution in [3.05, 3.63) is 63.3 Å². The third kappa shape index (κ3) is 5.97. The van der Waals surface area contributed by atoms with Gasteiger partial charge in [-0.2, -0.15) is 0 Å². The van der Waals surface area contributed by atoms with Gasteiger partial charge in [0.1, 0.15) is 17.1 Å². The number of esters is 1. The van der Waals surface area contributed by atoms with Crippen molar-refractivity contribution in [3.8, 4) is 5.75 Å². The molecule has 0 unspecified atom stereocenters. The first-order chi connectivity index (χ1) is 17.6. The van der Waals surface area contributed by atoms with Crippen LogP contribution >= 0.6 is 22.9 Å². The van der Waals surface area contributed by atoms with E-state index in [-0.39, 0.29) is 17.7 Å². The fraction of sp³-hybridized carbons (Fsp3) is 0.385. The molecule has 3 aromatic rings. The molecule has 0 radical (unpaired) electrons. The largest absolute Gasteiger partial charge is 0.476 e. The molecule has 1 N–H and O–H groups in total. The number of likely N-dealkylation sites (tertiary alicyclic amines) is 1. The molecular formula is C26H29ClN4O5S. The molecule has 0 saturated carbocycles. The molecule has 1 aliphatic rings. The minimum absolute atomic E-state index is 0.0979. The van der Waals surface area contributed by atoms with Crippen LogP contribution in [0, 0.1) is 0 Å². The maximum Gasteiger partial charge on any atom is 0.354 e. The standard InChI is InChI=1S/C26H29ClN4O5S/c1-26(2,36-21-8-6-5-7-18(21)27)25(34)31-11-9-16(10-12-31)23-29-19(15-37-23)22(32)28-17-13-20(24(33)35-4)30(3)14-17/h5-8,13-16H,9-12H2,1-4H3,(H,28,32). The summed E-state index contributed by atoms with van der Waals surface area (Å²) in [5.41, 5.74) is 0.0702. The van der Waals surface area contributed by atoms with Crippen molar-refractivity contribution >= 4 is 46.4 Å². The molecule has 9 nitrogen and oxygen atoms in total. The highest BCUT2D eigenvalue weighted by Crippen LogP contribution is 2.33. The summed E-state index contributed by atoms with van der Waals surface area (Å²) in [6, 6.07) is 8.65. The van der Waals surface area contributed by atoms with Gasteiger partial charge in [0.05, 0.1) is 22.8 Å². The molecule has 3 heterocycles. The Bertz CT molecular complexity index is 1310. The van der Waals surface area contributed by atoms with Crippen molar-refractivity contribution < 1.29 is 23.9 Å². The number of halogens is 1. The number of nitrogens with zero attached hydrogens (tertiary/aromatic N) is 3. The van der Waals surface area contributed by atoms with Gasteiger partial charge in [-0.15, -0.1) is 11.3 Å². The molecule has 2 aromatic heterocycles. The van der Waals surface area contributed by atoms with Crippen molar-refractivity contribution in [3.63, 3.8) is 0 Å². The maximum absolute atomic E-state index is 13.2. The molecular weight excluding hydrogens is 516 g/mol. The number of anilines is 1. The topological polar surface area (TPSA) is 103 Å². The van der Waals surface area contributed by atoms with Crippen LogP contribution < -0.4 is 10.1 Å². The third-order valence-electron chi connectivity index (χ3n) is 6.26. The van der Waals surface area contributed by atoms with Crippen LogP contribution in [-0.2, 0) is 16.6 Å². The number of aryl methyl sites for hydroxylation is 1. The summed E-state index contributed by atoms with van der Waals surface area (Å²) in [5.74, 6) is -0.300. The monoisotopic (exact) mass is 544 g/mol. The number of ether oxygens (including phenoxy) is 2. The molecule has 4 rings (SSSR count). The Kier molecular flexibility index (Phi) is 7.89. The van der Waals surface area contributed by atoms with Gasteiger partial charge in [-0.05, 0) is 44.9 Å². The second kappa shape index (κ2) is 10.9. The smallest absolute Gasteiger partial charge is 0.354 e. The average molecular weight is 545 g/mol. The minimum atomic E-state index is -1.06. The quantitative estimate of drug-likeness (QED) is 0.431. The lowest BCUT2D eigenvalue weighted by atomic mass is 9.96. The van der Waals surface area contributed by atoms with Gasteiger partial charge < -0.3 is 24.3 Å². The number of methoxy groups -OCH3 is 1. The number of benzene rings is 1. The molecule has 11 heteroatoms. The van der Waals surface area contributed by atoms with Crippen LogP contribution in [0.3, 0.4) is 0 Å². The molecule has 1 fully saturated rings. The van der Waals surface area contributed by atoms with E-state index in [1.807, 2.05) is 17.0 Å². The van der Waals surface area contributed by atoms with Crippen LogP contribution in [0.25, 0.3) is 0 Å². The molecule has 0 atom stereocenters. The van der Waals surface area contributed by atoms with E-state index in [1.54, 1.807) is 55.2 Å². The van der Waals surface area contributed by atoms with Crippen LogP contribution in [0.4, 0.5) is 5.69 Å². The number of carbonyl (C=O) groups is 3. The van der Waals surface area contributed by atoms with Crippen molar-refractivity contribution in [2.45, 2.75) is 38.2 Å². The summed E-state index contributed by atoms with van der Waals surface area (Å²) >= 11 is 7.64. The van der Waals surface area contributed by atoms with Crippen LogP contribution in [0.15, 0.2) is 41.9 Å². The lowest BCUT2D eigenvalue weighted by Gasteiger charge is -2.36. The third-order valence-corrected chi connectivity index (χ3v) is 7.58. The zero-order valence-corrected chi connectivity index (χ0v) is 22.7. The van der Waals surface area contributed by atoms with Crippen molar-refractivity contribution in [1.82, 2.24) is 14.5 Å². The predicted octanol–water partition coefficient (Wildman–Crippen LogP) is 4.74. The summed E-state index contributed by atoms with van der Waals surface area (Å²) in [5, 5.41) is 5.83. The molecule has 1 aromatic carbocycles. The molecule has 0 bridgehead atoms. The van der Waals surface area contributed by atoms with E-state index in [1.165, 1.54) is 18.4 Å². The summed E-state index contributed by atoms with van der Waals surface area (Å²) < 4.78 is 12.3. The number of hydrogen-bond donors (Lipinski definition) is 1. The summed E-state index contributed by atoms with van der Waals surface area (Å²) in [4.78, 5) is 44.1. The van der Waals surface area contributed by atoms with Crippen LogP contribution in [0.1, 0.15) is 58.6 Å². The molecule has 0 spiro atoms. The second-order valence-electron chi connectivity index (χ2n) is 9.35. The predicted molar refractivity (Wildman–Crippen MR) is 142 cm³/mol. The summed E-state index contributed by atoms with van der Waals surface area (Å²) in [6.07, 6.45) is 3.12. The number of amides is 2. The zero-order chi connectivity index (χ0) is 26.7. The van der Waals surface area contributed by atoms with Crippen LogP contribution in [0.5, 0.6) is 5.75 Å². The van der Waals surface area contributed by atoms with E-state index in [9.17, 15) is 14.4 Å². The highest BCUT2D eigenvalue weighted by Gasteiger charge is 2.37. The maximum atomic E-state index is 13.2. The van der Waals surface area contributed by atoms with E-state index in [0.717, 1.165) is 17.8 Å². The van der Waals surface area contributed by atoms with Gasteiger partial charge in [-0.3, -0.25) is 9.59 Å². The van der Waals surface area contributed by atoms with E-state index in [0.29, 0.717) is 40.9 Å². The average Bonchev–Trinajstić information content (AvgIpc) is 3.51. The van der Waals surface area contributed by atoms with Gasteiger partial charge in [0, 0.05) is 37.6 Å². The van der Waals surface area contributed by atoms with Gasteiger partial charge in [0.15, 0.2) is 5.60 Å². The second-order valence-corrected chi connectivity index (χ2v) is 10.6. The van der Waals surface area contributed by atoms with Gasteiger partial charge in [0.2, 0.25) is 0 Å². The normalized spacial score (nSPS) is 14.4. The van der Waals surface area contributed by atoms with E-state index in [4.69, 9.17) is 21.1 Å². The highest BCUT2D eigenvalue weighted by molar-refractivity contribution is 7.10. The van der Waals surface area contributed by atoms with Crippen LogP contribution in [-0.4, -0.2) is 58.0 Å². The number of carbonyl (C=O) groups excluding carboxylic acids is 3. The zero-order valence-electron chi connectivity index (χ0n) is 21.1. The SMILES string of the molecule is COC(=O)c1cc(NC(=O)c2csc(C3CCN(C(=O)C(C)(C)Oc4ccccc4Cl)CC3)n2)cn1C. The first kappa shape index (κ1) is 26.7. The van der Waals surface area contributed by atoms with Crippen molar-refractivity contribution in [2.75, 3.05) is 25.5 Å². The number of para-hydroxylation sites is 1. The lowest BCUT2D eigenvalue weighted by Crippen LogP contribution is -2.51. The summed E-state index contributed by atoms with van der Waals surface area (Å²) in [7, 11) is 3.00. The minimum Gasteiger partial charge on any atom is -0.476 e. The van der Waals surface area contributed by atoms with E-state index >= 15 is 0 Å². The first-order valence-corrected chi connectivity index (χ1v) is 13.1. The van der Waals surface area contributed by atoms with Gasteiger partial charge in [-0.25, -0.2) is 9.78 Å². The Morgan fingerprint density at radius 2 is 1.89 bits per heavy atom. The fourth-order valence-electron chi connectivity index (χ4n) is 4.27. The number of rotatable bonds is 7. The Balaban J connectivity index is 1.34. The number of aromatic nitrogens is 2. The Morgan fingerprint density at radius 1 is 1.19 bits per heavy atom. The number of thiazole rings is 1. The van der Waals surface area contributed by atoms with Crippen LogP contribution in [0.2, 0.25) is 5.02 Å². The van der Waals surface area contributed by atoms with Gasteiger partial charge >= 0.3 is 5.97 Å². The first-order valence-electron chi connectivity index (χ1n) is 11.8. The molecule has 2 amide bonds. The van der Waals surface area contributed by atoms with Crippen molar-refractivity contribution in [2.24, 2.45) is 7.05 Å². The number of piperidine rings is 1. The number of hydrogen-bond acceptors (Lipinski definition) is 7. The lowest BCUT2D eigenvalue weighted by molar-refractivity contribution is -0.146. The molecule has 1 saturated heterocycles. The fourth-order valence-corrected chi connectivity index (χ4v) is 5.42. The summed E-state index contributed by atoms with van der Waals surface area (Å²) in [6.45, 7) is 4.63. The highest BCUT2D eigenvalue weighted by atomic mass is 35.5. The molecule has 0 aliphatic carbocycles. The number of nitrogens with one attached hydrogen (secondary N) is 1. The molecule has 1 aliphatic heterocycles. The molecule has 37 heavy (non-hydrogen) atoms. The Morgan fingerprint density at radius 3 is 2.57 bits per heavy atom. The van der Waals surface area contributed by atoms with Gasteiger partial charge in [-0.1, -0.05) is 23.7 Å². The Hall–Kier alpha value is -3.37. The van der Waals surface area contributed by atoms with Gasteiger partial charge in [0.25, 0.3) is 11.8 Å². The van der Waals surface area contributed by atoms with E-state index < -0.39 is 11.6 Å². The molecule has 196 valence electrons. The van der Waals surface area contributed by atoms with Crippen molar-refractivity contribution in [1.29, 1.82) is 0 Å².